The highest BCUT2D eigenvalue weighted by atomic mass is 32.1. The van der Waals surface area contributed by atoms with Gasteiger partial charge in [-0.15, -0.1) is 11.3 Å². The van der Waals surface area contributed by atoms with Gasteiger partial charge in [0, 0.05) is 29.9 Å². The monoisotopic (exact) mass is 394 g/mol. The van der Waals surface area contributed by atoms with Crippen LogP contribution in [0.3, 0.4) is 0 Å². The summed E-state index contributed by atoms with van der Waals surface area (Å²) < 4.78 is 14.4. The molecule has 8 heteroatoms. The predicted molar refractivity (Wildman–Crippen MR) is 105 cm³/mol. The van der Waals surface area contributed by atoms with Gasteiger partial charge in [0.2, 0.25) is 0 Å². The number of fused-ring (bicyclic) bond motifs is 1. The fourth-order valence-electron chi connectivity index (χ4n) is 2.75. The van der Waals surface area contributed by atoms with Crippen molar-refractivity contribution in [3.63, 3.8) is 0 Å². The standard InChI is InChI=1S/C20H15FN4O2S/c1-12-2-7-17-22-10-16(19(27)25(17)11-12)18(26)24-20-23-9-15(28-20)8-13-3-5-14(21)6-4-13/h2-7,9-11H,8H2,1H3,(H,23,24,26). The van der Waals surface area contributed by atoms with Gasteiger partial charge in [0.05, 0.1) is 0 Å². The van der Waals surface area contributed by atoms with Crippen molar-refractivity contribution in [2.24, 2.45) is 0 Å². The number of hydrogen-bond acceptors (Lipinski definition) is 5. The Kier molecular flexibility index (Phi) is 4.70. The molecule has 1 aromatic carbocycles. The lowest BCUT2D eigenvalue weighted by Gasteiger charge is -2.05. The van der Waals surface area contributed by atoms with E-state index in [1.807, 2.05) is 13.0 Å². The summed E-state index contributed by atoms with van der Waals surface area (Å²) in [5, 5.41) is 3.03. The van der Waals surface area contributed by atoms with E-state index >= 15 is 0 Å². The lowest BCUT2D eigenvalue weighted by molar-refractivity contribution is 0.102. The maximum absolute atomic E-state index is 13.0. The summed E-state index contributed by atoms with van der Waals surface area (Å²) in [7, 11) is 0. The maximum Gasteiger partial charge on any atom is 0.270 e. The third kappa shape index (κ3) is 3.67. The Morgan fingerprint density at radius 2 is 1.93 bits per heavy atom. The first-order valence-corrected chi connectivity index (χ1v) is 9.30. The molecule has 4 aromatic rings. The van der Waals surface area contributed by atoms with Crippen LogP contribution in [-0.2, 0) is 6.42 Å². The van der Waals surface area contributed by atoms with E-state index in [0.29, 0.717) is 17.2 Å². The number of halogens is 1. The van der Waals surface area contributed by atoms with Crippen LogP contribution < -0.4 is 10.9 Å². The summed E-state index contributed by atoms with van der Waals surface area (Å²) in [5.74, 6) is -0.845. The number of aryl methyl sites for hydroxylation is 1. The predicted octanol–water partition coefficient (Wildman–Crippen LogP) is 3.44. The molecule has 0 saturated carbocycles. The van der Waals surface area contributed by atoms with E-state index in [4.69, 9.17) is 0 Å². The number of nitrogens with one attached hydrogen (secondary N) is 1. The van der Waals surface area contributed by atoms with Crippen molar-refractivity contribution in [3.05, 3.63) is 92.7 Å². The zero-order chi connectivity index (χ0) is 19.7. The molecule has 0 aliphatic carbocycles. The van der Waals surface area contributed by atoms with Crippen molar-refractivity contribution in [2.45, 2.75) is 13.3 Å². The second kappa shape index (κ2) is 7.32. The van der Waals surface area contributed by atoms with Gasteiger partial charge < -0.3 is 0 Å². The van der Waals surface area contributed by atoms with Crippen LogP contribution in [0, 0.1) is 12.7 Å². The number of benzene rings is 1. The van der Waals surface area contributed by atoms with Crippen LogP contribution in [0.4, 0.5) is 9.52 Å². The number of aromatic nitrogens is 3. The Labute approximate surface area is 163 Å². The Balaban J connectivity index is 1.53. The van der Waals surface area contributed by atoms with E-state index < -0.39 is 11.5 Å². The Morgan fingerprint density at radius 3 is 2.71 bits per heavy atom. The summed E-state index contributed by atoms with van der Waals surface area (Å²) >= 11 is 1.30. The summed E-state index contributed by atoms with van der Waals surface area (Å²) in [6, 6.07) is 9.79. The number of thiazole rings is 1. The smallest absolute Gasteiger partial charge is 0.270 e. The van der Waals surface area contributed by atoms with E-state index in [9.17, 15) is 14.0 Å². The van der Waals surface area contributed by atoms with Crippen LogP contribution in [0.5, 0.6) is 0 Å². The van der Waals surface area contributed by atoms with Gasteiger partial charge in [-0.25, -0.2) is 14.4 Å². The van der Waals surface area contributed by atoms with E-state index in [1.54, 1.807) is 30.6 Å². The highest BCUT2D eigenvalue weighted by molar-refractivity contribution is 7.15. The van der Waals surface area contributed by atoms with Crippen LogP contribution in [-0.4, -0.2) is 20.3 Å². The van der Waals surface area contributed by atoms with Gasteiger partial charge in [0.25, 0.3) is 11.5 Å². The molecule has 0 radical (unpaired) electrons. The molecule has 1 amide bonds. The van der Waals surface area contributed by atoms with Crippen molar-refractivity contribution in [2.75, 3.05) is 5.32 Å². The lowest BCUT2D eigenvalue weighted by atomic mass is 10.1. The second-order valence-electron chi connectivity index (χ2n) is 6.30. The largest absolute Gasteiger partial charge is 0.298 e. The van der Waals surface area contributed by atoms with Crippen LogP contribution in [0.1, 0.15) is 26.4 Å². The minimum Gasteiger partial charge on any atom is -0.298 e. The SMILES string of the molecule is Cc1ccc2ncc(C(=O)Nc3ncc(Cc4ccc(F)cc4)s3)c(=O)n2c1. The first kappa shape index (κ1) is 18.0. The van der Waals surface area contributed by atoms with Crippen LogP contribution in [0.2, 0.25) is 0 Å². The number of carbonyl (C=O) groups is 1. The average molecular weight is 394 g/mol. The molecule has 140 valence electrons. The Hall–Kier alpha value is -3.39. The van der Waals surface area contributed by atoms with Crippen LogP contribution in [0.15, 0.2) is 59.8 Å². The molecule has 0 fully saturated rings. The quantitative estimate of drug-likeness (QED) is 0.575. The van der Waals surface area contributed by atoms with Crippen molar-refractivity contribution in [1.82, 2.24) is 14.4 Å². The number of anilines is 1. The minimum absolute atomic E-state index is 0.0571. The molecule has 6 nitrogen and oxygen atoms in total. The molecule has 0 atom stereocenters. The number of pyridine rings is 1. The fourth-order valence-corrected chi connectivity index (χ4v) is 3.60. The molecule has 0 spiro atoms. The summed E-state index contributed by atoms with van der Waals surface area (Å²) in [6.45, 7) is 1.86. The van der Waals surface area contributed by atoms with Gasteiger partial charge in [-0.3, -0.25) is 19.3 Å². The molecule has 0 bridgehead atoms. The molecule has 28 heavy (non-hydrogen) atoms. The summed E-state index contributed by atoms with van der Waals surface area (Å²) in [6.07, 6.45) is 5.15. The molecule has 0 unspecified atom stereocenters. The van der Waals surface area contributed by atoms with Crippen molar-refractivity contribution < 1.29 is 9.18 Å². The average Bonchev–Trinajstić information content (AvgIpc) is 3.11. The summed E-state index contributed by atoms with van der Waals surface area (Å²) in [4.78, 5) is 34.4. The van der Waals surface area contributed by atoms with Crippen molar-refractivity contribution in [1.29, 1.82) is 0 Å². The Morgan fingerprint density at radius 1 is 1.14 bits per heavy atom. The third-order valence-corrected chi connectivity index (χ3v) is 5.07. The third-order valence-electron chi connectivity index (χ3n) is 4.16. The molecule has 0 aliphatic rings. The highest BCUT2D eigenvalue weighted by Crippen LogP contribution is 2.21. The summed E-state index contributed by atoms with van der Waals surface area (Å²) in [5.41, 5.74) is 1.81. The number of hydrogen-bond donors (Lipinski definition) is 1. The van der Waals surface area contributed by atoms with Gasteiger partial charge >= 0.3 is 0 Å². The van der Waals surface area contributed by atoms with Crippen molar-refractivity contribution in [3.8, 4) is 0 Å². The molecule has 3 heterocycles. The molecule has 4 rings (SSSR count). The van der Waals surface area contributed by atoms with E-state index in [0.717, 1.165) is 16.0 Å². The van der Waals surface area contributed by atoms with Gasteiger partial charge in [0.1, 0.15) is 17.0 Å². The Bertz CT molecular complexity index is 1230. The number of rotatable bonds is 4. The zero-order valence-corrected chi connectivity index (χ0v) is 15.7. The van der Waals surface area contributed by atoms with Gasteiger partial charge in [-0.2, -0.15) is 0 Å². The van der Waals surface area contributed by atoms with E-state index in [2.05, 4.69) is 15.3 Å². The first-order valence-electron chi connectivity index (χ1n) is 8.48. The highest BCUT2D eigenvalue weighted by Gasteiger charge is 2.15. The molecule has 3 aromatic heterocycles. The van der Waals surface area contributed by atoms with E-state index in [1.165, 1.54) is 34.1 Å². The molecular formula is C20H15FN4O2S. The molecule has 0 saturated heterocycles. The van der Waals surface area contributed by atoms with Crippen molar-refractivity contribution >= 4 is 28.0 Å². The van der Waals surface area contributed by atoms with Gasteiger partial charge in [-0.1, -0.05) is 18.2 Å². The van der Waals surface area contributed by atoms with Crippen LogP contribution >= 0.6 is 11.3 Å². The number of nitrogens with zero attached hydrogens (tertiary/aromatic N) is 3. The van der Waals surface area contributed by atoms with E-state index in [-0.39, 0.29) is 11.4 Å². The van der Waals surface area contributed by atoms with Crippen LogP contribution in [0.25, 0.3) is 5.65 Å². The lowest BCUT2D eigenvalue weighted by Crippen LogP contribution is -2.26. The van der Waals surface area contributed by atoms with Gasteiger partial charge in [-0.05, 0) is 36.2 Å². The molecular weight excluding hydrogens is 379 g/mol. The van der Waals surface area contributed by atoms with Gasteiger partial charge in [0.15, 0.2) is 5.13 Å². The minimum atomic E-state index is -0.559. The second-order valence-corrected chi connectivity index (χ2v) is 7.42. The number of amides is 1. The molecule has 1 N–H and O–H groups in total. The topological polar surface area (TPSA) is 76.4 Å². The number of carbonyl (C=O) groups excluding carboxylic acids is 1. The fraction of sp³-hybridized carbons (Fsp3) is 0.100. The molecule has 0 aliphatic heterocycles. The first-order chi connectivity index (χ1) is 13.5. The maximum atomic E-state index is 13.0. The normalized spacial score (nSPS) is 10.9. The zero-order valence-electron chi connectivity index (χ0n) is 14.8.